The Morgan fingerprint density at radius 1 is 1.10 bits per heavy atom. The van der Waals surface area contributed by atoms with Crippen molar-refractivity contribution in [2.24, 2.45) is 5.10 Å². The summed E-state index contributed by atoms with van der Waals surface area (Å²) in [7, 11) is 0. The molecule has 1 amide bonds. The van der Waals surface area contributed by atoms with E-state index in [0.717, 1.165) is 16.7 Å². The lowest BCUT2D eigenvalue weighted by Crippen LogP contribution is -2.21. The summed E-state index contributed by atoms with van der Waals surface area (Å²) in [6.45, 7) is 3.79. The number of carbonyl (C=O) groups is 1. The van der Waals surface area contributed by atoms with E-state index >= 15 is 0 Å². The molecule has 0 radical (unpaired) electrons. The minimum absolute atomic E-state index is 0.0516. The standard InChI is InChI=1S/C21H20N8O2/c1-13(2)18-17(24-28-29(18)20-19(22)26-31-27-20)21(30)25-23-12-14-8-10-16(11-9-14)15-6-4-3-5-7-15/h3-13H,1-2H3,(H2,22,26)(H,25,30). The molecular formula is C21H20N8O2. The molecule has 0 spiro atoms. The van der Waals surface area contributed by atoms with Gasteiger partial charge in [0.25, 0.3) is 5.91 Å². The van der Waals surface area contributed by atoms with Crippen LogP contribution in [0.25, 0.3) is 16.9 Å². The number of hydrogen-bond acceptors (Lipinski definition) is 8. The summed E-state index contributed by atoms with van der Waals surface area (Å²) in [5.74, 6) is -0.364. The molecule has 10 nitrogen and oxygen atoms in total. The van der Waals surface area contributed by atoms with Crippen molar-refractivity contribution in [3.05, 3.63) is 71.5 Å². The van der Waals surface area contributed by atoms with Gasteiger partial charge in [-0.15, -0.1) is 5.10 Å². The molecule has 0 aliphatic rings. The summed E-state index contributed by atoms with van der Waals surface area (Å²) in [4.78, 5) is 12.6. The van der Waals surface area contributed by atoms with E-state index in [0.29, 0.717) is 5.69 Å². The molecule has 0 aliphatic heterocycles. The van der Waals surface area contributed by atoms with Gasteiger partial charge < -0.3 is 5.73 Å². The highest BCUT2D eigenvalue weighted by molar-refractivity contribution is 5.94. The second kappa shape index (κ2) is 8.57. The highest BCUT2D eigenvalue weighted by atomic mass is 16.6. The number of anilines is 1. The molecule has 31 heavy (non-hydrogen) atoms. The minimum atomic E-state index is -0.498. The maximum absolute atomic E-state index is 12.6. The van der Waals surface area contributed by atoms with Gasteiger partial charge in [0.1, 0.15) is 0 Å². The number of hydrogen-bond donors (Lipinski definition) is 2. The zero-order valence-electron chi connectivity index (χ0n) is 16.9. The van der Waals surface area contributed by atoms with Crippen LogP contribution in [0.4, 0.5) is 5.82 Å². The van der Waals surface area contributed by atoms with Crippen LogP contribution in [0, 0.1) is 0 Å². The smallest absolute Gasteiger partial charge is 0.293 e. The second-order valence-electron chi connectivity index (χ2n) is 7.05. The molecule has 10 heteroatoms. The molecule has 2 aromatic carbocycles. The van der Waals surface area contributed by atoms with Crippen molar-refractivity contribution in [3.63, 3.8) is 0 Å². The van der Waals surface area contributed by atoms with Gasteiger partial charge in [0, 0.05) is 0 Å². The molecule has 0 unspecified atom stereocenters. The maximum Gasteiger partial charge on any atom is 0.293 e. The van der Waals surface area contributed by atoms with Crippen LogP contribution in [0.1, 0.15) is 41.5 Å². The SMILES string of the molecule is CC(C)c1c(C(=O)NN=Cc2ccc(-c3ccccc3)cc2)nnn1-c1nonc1N. The van der Waals surface area contributed by atoms with Gasteiger partial charge in [-0.25, -0.2) is 10.1 Å². The van der Waals surface area contributed by atoms with E-state index < -0.39 is 5.91 Å². The summed E-state index contributed by atoms with van der Waals surface area (Å²) in [5.41, 5.74) is 11.9. The predicted octanol–water partition coefficient (Wildman–Crippen LogP) is 2.79. The largest absolute Gasteiger partial charge is 0.378 e. The Labute approximate surface area is 177 Å². The molecule has 2 aromatic heterocycles. The molecule has 0 atom stereocenters. The fraction of sp³-hybridized carbons (Fsp3) is 0.143. The molecule has 0 saturated heterocycles. The van der Waals surface area contributed by atoms with Gasteiger partial charge >= 0.3 is 0 Å². The van der Waals surface area contributed by atoms with E-state index in [4.69, 9.17) is 5.73 Å². The van der Waals surface area contributed by atoms with E-state index in [1.54, 1.807) is 6.21 Å². The number of carbonyl (C=O) groups excluding carboxylic acids is 1. The van der Waals surface area contributed by atoms with Gasteiger partial charge in [0.15, 0.2) is 5.69 Å². The summed E-state index contributed by atoms with van der Waals surface area (Å²) in [6, 6.07) is 17.9. The molecule has 2 heterocycles. The second-order valence-corrected chi connectivity index (χ2v) is 7.05. The van der Waals surface area contributed by atoms with Crippen molar-refractivity contribution >= 4 is 17.9 Å². The number of aromatic nitrogens is 5. The molecule has 0 bridgehead atoms. The molecular weight excluding hydrogens is 396 g/mol. The Bertz CT molecular complexity index is 1210. The number of rotatable bonds is 6. The van der Waals surface area contributed by atoms with E-state index in [-0.39, 0.29) is 23.2 Å². The molecule has 0 fully saturated rings. The first kappa shape index (κ1) is 20.0. The van der Waals surface area contributed by atoms with Crippen molar-refractivity contribution in [2.75, 3.05) is 5.73 Å². The Kier molecular flexibility index (Phi) is 5.52. The Balaban J connectivity index is 1.48. The Morgan fingerprint density at radius 2 is 1.81 bits per heavy atom. The monoisotopic (exact) mass is 416 g/mol. The highest BCUT2D eigenvalue weighted by Gasteiger charge is 2.25. The number of nitrogens with two attached hydrogens (primary N) is 1. The quantitative estimate of drug-likeness (QED) is 0.364. The maximum atomic E-state index is 12.6. The van der Waals surface area contributed by atoms with Crippen molar-refractivity contribution in [1.82, 2.24) is 30.7 Å². The van der Waals surface area contributed by atoms with E-state index in [1.807, 2.05) is 68.4 Å². The van der Waals surface area contributed by atoms with E-state index in [2.05, 4.69) is 35.8 Å². The van der Waals surface area contributed by atoms with E-state index in [1.165, 1.54) is 4.68 Å². The van der Waals surface area contributed by atoms with Crippen LogP contribution < -0.4 is 11.2 Å². The van der Waals surface area contributed by atoms with Crippen molar-refractivity contribution in [2.45, 2.75) is 19.8 Å². The Morgan fingerprint density at radius 3 is 2.45 bits per heavy atom. The van der Waals surface area contributed by atoms with Gasteiger partial charge in [0.2, 0.25) is 11.6 Å². The number of amides is 1. The van der Waals surface area contributed by atoms with Crippen LogP contribution in [-0.4, -0.2) is 37.4 Å². The van der Waals surface area contributed by atoms with Gasteiger partial charge in [-0.2, -0.15) is 9.78 Å². The zero-order chi connectivity index (χ0) is 21.8. The van der Waals surface area contributed by atoms with Gasteiger partial charge in [-0.1, -0.05) is 73.7 Å². The van der Waals surface area contributed by atoms with E-state index in [9.17, 15) is 4.79 Å². The molecule has 4 rings (SSSR count). The number of nitrogen functional groups attached to an aromatic ring is 1. The zero-order valence-corrected chi connectivity index (χ0v) is 16.9. The third-order valence-corrected chi connectivity index (χ3v) is 4.56. The highest BCUT2D eigenvalue weighted by Crippen LogP contribution is 2.22. The fourth-order valence-corrected chi connectivity index (χ4v) is 3.07. The molecule has 0 saturated carbocycles. The normalized spacial score (nSPS) is 11.3. The van der Waals surface area contributed by atoms with Crippen molar-refractivity contribution in [3.8, 4) is 16.9 Å². The average molecular weight is 416 g/mol. The molecule has 3 N–H and O–H groups in total. The molecule has 156 valence electrons. The Hall–Kier alpha value is -4.34. The van der Waals surface area contributed by atoms with Gasteiger partial charge in [0.05, 0.1) is 11.9 Å². The fourth-order valence-electron chi connectivity index (χ4n) is 3.07. The topological polar surface area (TPSA) is 137 Å². The predicted molar refractivity (Wildman–Crippen MR) is 115 cm³/mol. The summed E-state index contributed by atoms with van der Waals surface area (Å²) in [6.07, 6.45) is 1.56. The molecule has 0 aliphatic carbocycles. The van der Waals surface area contributed by atoms with Crippen LogP contribution in [0.3, 0.4) is 0 Å². The lowest BCUT2D eigenvalue weighted by molar-refractivity contribution is 0.0948. The minimum Gasteiger partial charge on any atom is -0.378 e. The number of benzene rings is 2. The number of nitrogens with one attached hydrogen (secondary N) is 1. The number of nitrogens with zero attached hydrogens (tertiary/aromatic N) is 6. The first-order chi connectivity index (χ1) is 15.0. The van der Waals surface area contributed by atoms with Gasteiger partial charge in [-0.3, -0.25) is 4.79 Å². The summed E-state index contributed by atoms with van der Waals surface area (Å²) < 4.78 is 5.96. The average Bonchev–Trinajstić information content (AvgIpc) is 3.41. The lowest BCUT2D eigenvalue weighted by atomic mass is 10.0. The van der Waals surface area contributed by atoms with Crippen LogP contribution in [0.2, 0.25) is 0 Å². The third kappa shape index (κ3) is 4.17. The van der Waals surface area contributed by atoms with Crippen LogP contribution in [0.5, 0.6) is 0 Å². The van der Waals surface area contributed by atoms with Crippen LogP contribution in [-0.2, 0) is 0 Å². The first-order valence-electron chi connectivity index (χ1n) is 9.57. The summed E-state index contributed by atoms with van der Waals surface area (Å²) >= 11 is 0. The summed E-state index contributed by atoms with van der Waals surface area (Å²) in [5, 5.41) is 19.2. The number of hydrazone groups is 1. The van der Waals surface area contributed by atoms with Crippen molar-refractivity contribution in [1.29, 1.82) is 0 Å². The third-order valence-electron chi connectivity index (χ3n) is 4.56. The van der Waals surface area contributed by atoms with Crippen molar-refractivity contribution < 1.29 is 9.42 Å². The molecule has 4 aromatic rings. The first-order valence-corrected chi connectivity index (χ1v) is 9.57. The van der Waals surface area contributed by atoms with Gasteiger partial charge in [-0.05, 0) is 32.9 Å². The lowest BCUT2D eigenvalue weighted by Gasteiger charge is -2.08. The van der Waals surface area contributed by atoms with Crippen LogP contribution >= 0.6 is 0 Å². The van der Waals surface area contributed by atoms with Crippen LogP contribution in [0.15, 0.2) is 64.3 Å².